The Kier molecular flexibility index (Phi) is 5.88. The molecule has 8 nitrogen and oxygen atoms in total. The molecule has 8 rings (SSSR count). The first-order valence-electron chi connectivity index (χ1n) is 16.0. The number of nitrogens with zero attached hydrogens (tertiary/aromatic N) is 3. The molecule has 2 saturated carbocycles. The van der Waals surface area contributed by atoms with Crippen LogP contribution in [-0.2, 0) is 29.0 Å². The quantitative estimate of drug-likeness (QED) is 0.527. The van der Waals surface area contributed by atoms with Crippen LogP contribution in [0.3, 0.4) is 0 Å². The molecule has 1 spiro atoms. The second-order valence-corrected chi connectivity index (χ2v) is 15.0. The summed E-state index contributed by atoms with van der Waals surface area (Å²) in [5.74, 6) is 1.30. The largest absolute Gasteiger partial charge is 0.494 e. The fourth-order valence-electron chi connectivity index (χ4n) is 8.78. The van der Waals surface area contributed by atoms with Crippen LogP contribution in [0.25, 0.3) is 0 Å². The van der Waals surface area contributed by atoms with E-state index < -0.39 is 23.7 Å². The molecule has 0 aromatic heterocycles. The van der Waals surface area contributed by atoms with Crippen molar-refractivity contribution >= 4 is 30.1 Å². The second kappa shape index (κ2) is 9.04. The van der Waals surface area contributed by atoms with Crippen molar-refractivity contribution in [1.29, 1.82) is 0 Å². The predicted molar refractivity (Wildman–Crippen MR) is 156 cm³/mol. The zero-order chi connectivity index (χ0) is 28.3. The van der Waals surface area contributed by atoms with Gasteiger partial charge in [0.2, 0.25) is 11.8 Å². The summed E-state index contributed by atoms with van der Waals surface area (Å²) in [5, 5.41) is 0. The molecule has 1 aromatic carbocycles. The molecule has 4 saturated heterocycles. The van der Waals surface area contributed by atoms with Gasteiger partial charge in [0.1, 0.15) is 0 Å². The average Bonchev–Trinajstić information content (AvgIpc) is 3.61. The Morgan fingerprint density at radius 1 is 0.927 bits per heavy atom. The molecule has 2 atom stereocenters. The van der Waals surface area contributed by atoms with Gasteiger partial charge in [-0.3, -0.25) is 14.5 Å². The number of carbonyl (C=O) groups is 2. The van der Waals surface area contributed by atoms with Crippen LogP contribution in [0.1, 0.15) is 78.2 Å². The predicted octanol–water partition coefficient (Wildman–Crippen LogP) is 2.85. The van der Waals surface area contributed by atoms with Crippen molar-refractivity contribution in [3.8, 4) is 0 Å². The third kappa shape index (κ3) is 3.87. The van der Waals surface area contributed by atoms with Gasteiger partial charge in [-0.1, -0.05) is 12.1 Å². The average molecular weight is 562 g/mol. The van der Waals surface area contributed by atoms with E-state index in [1.165, 1.54) is 25.8 Å². The minimum Gasteiger partial charge on any atom is -0.399 e. The first-order chi connectivity index (χ1) is 19.6. The van der Waals surface area contributed by atoms with E-state index in [0.717, 1.165) is 41.5 Å². The highest BCUT2D eigenvalue weighted by Crippen LogP contribution is 2.52. The van der Waals surface area contributed by atoms with Crippen molar-refractivity contribution in [2.75, 3.05) is 37.7 Å². The summed E-state index contributed by atoms with van der Waals surface area (Å²) in [7, 11) is -0.461. The molecule has 0 N–H and O–H groups in total. The summed E-state index contributed by atoms with van der Waals surface area (Å²) in [5.41, 5.74) is 1.74. The van der Waals surface area contributed by atoms with Crippen molar-refractivity contribution in [2.24, 2.45) is 11.8 Å². The third-order valence-corrected chi connectivity index (χ3v) is 12.2. The zero-order valence-corrected chi connectivity index (χ0v) is 25.1. The molecule has 2 aliphatic carbocycles. The van der Waals surface area contributed by atoms with Crippen LogP contribution in [0.4, 0.5) is 5.69 Å². The number of ether oxygens (including phenoxy) is 1. The third-order valence-electron chi connectivity index (χ3n) is 12.2. The fourth-order valence-corrected chi connectivity index (χ4v) is 8.78. The van der Waals surface area contributed by atoms with Gasteiger partial charge in [-0.25, -0.2) is 0 Å². The first-order valence-corrected chi connectivity index (χ1v) is 16.0. The molecular weight excluding hydrogens is 517 g/mol. The molecule has 1 aromatic rings. The van der Waals surface area contributed by atoms with Gasteiger partial charge in [-0.05, 0) is 95.7 Å². The molecule has 9 heteroatoms. The number of anilines is 1. The zero-order valence-electron chi connectivity index (χ0n) is 25.1. The van der Waals surface area contributed by atoms with E-state index in [1.807, 2.05) is 4.90 Å². The Hall–Kier alpha value is -1.94. The van der Waals surface area contributed by atoms with Crippen molar-refractivity contribution in [2.45, 2.75) is 107 Å². The first kappa shape index (κ1) is 26.7. The summed E-state index contributed by atoms with van der Waals surface area (Å²) < 4.78 is 18.1. The number of piperidine rings is 2. The number of carbonyl (C=O) groups excluding carboxylic acids is 2. The highest BCUT2D eigenvalue weighted by Gasteiger charge is 2.58. The minimum absolute atomic E-state index is 0.0117. The van der Waals surface area contributed by atoms with Gasteiger partial charge >= 0.3 is 7.12 Å². The van der Waals surface area contributed by atoms with E-state index >= 15 is 0 Å². The maximum Gasteiger partial charge on any atom is 0.494 e. The fraction of sp³-hybridized carbons (Fsp3) is 0.750. The molecule has 5 aliphatic heterocycles. The molecule has 2 bridgehead atoms. The Morgan fingerprint density at radius 3 is 2.22 bits per heavy atom. The van der Waals surface area contributed by atoms with Crippen LogP contribution in [0.2, 0.25) is 0 Å². The number of fused-ring (bicyclic) bond motifs is 4. The van der Waals surface area contributed by atoms with E-state index in [2.05, 4.69) is 55.7 Å². The summed E-state index contributed by atoms with van der Waals surface area (Å²) >= 11 is 0. The number of rotatable bonds is 4. The lowest BCUT2D eigenvalue weighted by Gasteiger charge is -2.48. The second-order valence-electron chi connectivity index (χ2n) is 15.0. The number of hydrogen-bond acceptors (Lipinski definition) is 6. The van der Waals surface area contributed by atoms with Crippen LogP contribution in [0.5, 0.6) is 0 Å². The summed E-state index contributed by atoms with van der Waals surface area (Å²) in [6, 6.07) is 8.03. The Bertz CT molecular complexity index is 1250. The number of likely N-dealkylation sites (tertiary alicyclic amines) is 2. The van der Waals surface area contributed by atoms with Crippen molar-refractivity contribution in [3.05, 3.63) is 23.8 Å². The number of hydrogen-bond donors (Lipinski definition) is 0. The van der Waals surface area contributed by atoms with Gasteiger partial charge in [0, 0.05) is 43.4 Å². The molecule has 7 aliphatic rings. The van der Waals surface area contributed by atoms with Crippen LogP contribution in [0, 0.1) is 11.8 Å². The van der Waals surface area contributed by atoms with E-state index in [-0.39, 0.29) is 23.8 Å². The summed E-state index contributed by atoms with van der Waals surface area (Å²) in [6.07, 6.45) is 7.57. The molecule has 5 heterocycles. The highest BCUT2D eigenvalue weighted by atomic mass is 16.7. The van der Waals surface area contributed by atoms with Crippen LogP contribution in [-0.4, -0.2) is 90.9 Å². The Labute approximate surface area is 244 Å². The lowest BCUT2D eigenvalue weighted by atomic mass is 9.71. The molecule has 6 fully saturated rings. The van der Waals surface area contributed by atoms with Crippen molar-refractivity contribution < 1.29 is 23.6 Å². The van der Waals surface area contributed by atoms with Crippen LogP contribution >= 0.6 is 0 Å². The van der Waals surface area contributed by atoms with E-state index in [0.29, 0.717) is 45.2 Å². The molecule has 0 unspecified atom stereocenters. The maximum absolute atomic E-state index is 14.6. The molecule has 0 radical (unpaired) electrons. The lowest BCUT2D eigenvalue weighted by Crippen LogP contribution is -2.59. The topological polar surface area (TPSA) is 71.6 Å². The van der Waals surface area contributed by atoms with Gasteiger partial charge in [0.15, 0.2) is 0 Å². The summed E-state index contributed by atoms with van der Waals surface area (Å²) in [4.78, 5) is 34.4. The molecule has 220 valence electrons. The van der Waals surface area contributed by atoms with Gasteiger partial charge in [0.05, 0.1) is 35.7 Å². The normalized spacial score (nSPS) is 35.2. The van der Waals surface area contributed by atoms with E-state index in [1.54, 1.807) is 0 Å². The Balaban J connectivity index is 1.08. The maximum atomic E-state index is 14.6. The van der Waals surface area contributed by atoms with Crippen molar-refractivity contribution in [1.82, 2.24) is 9.80 Å². The van der Waals surface area contributed by atoms with E-state index in [4.69, 9.17) is 14.0 Å². The molecule has 41 heavy (non-hydrogen) atoms. The molecule has 2 amide bonds. The van der Waals surface area contributed by atoms with Crippen molar-refractivity contribution in [3.63, 3.8) is 0 Å². The van der Waals surface area contributed by atoms with Crippen LogP contribution in [0.15, 0.2) is 18.2 Å². The van der Waals surface area contributed by atoms with Gasteiger partial charge in [0.25, 0.3) is 0 Å². The van der Waals surface area contributed by atoms with E-state index in [9.17, 15) is 9.59 Å². The lowest BCUT2D eigenvalue weighted by molar-refractivity contribution is -0.152. The standard InChI is InChI=1S/C32H44BN3O5/c1-30(2)31(3,4)41-33(40-30)22-6-8-26-27(14-22)36(25-15-24(16-25)35-17-20-5-7-23(35)13-20)29(38)32(26)9-11-34(12-10-32)28(37)21-18-39-19-21/h6,8,14,20-21,23-25H,5,7,9-13,15-19H2,1-4H3/t20-,23+,24-,25+/m0/s1. The number of benzene rings is 1. The molecular formula is C32H44BN3O5. The monoisotopic (exact) mass is 561 g/mol. The smallest absolute Gasteiger partial charge is 0.399 e. The van der Waals surface area contributed by atoms with Gasteiger partial charge in [-0.15, -0.1) is 0 Å². The SMILES string of the molecule is CC1(C)OB(c2ccc3c(c2)N([C@H]2C[C@@H](N4C[C@H]5CC[C@@H]4C5)C2)C(=O)C32CCN(C(=O)C3COC3)CC2)OC1(C)C. The Morgan fingerprint density at radius 2 is 1.63 bits per heavy atom. The summed E-state index contributed by atoms with van der Waals surface area (Å²) in [6.45, 7) is 11.9. The highest BCUT2D eigenvalue weighted by molar-refractivity contribution is 6.62. The minimum atomic E-state index is -0.561. The van der Waals surface area contributed by atoms with Crippen LogP contribution < -0.4 is 10.4 Å². The number of amides is 2. The van der Waals surface area contributed by atoms with Gasteiger partial charge < -0.3 is 23.8 Å². The van der Waals surface area contributed by atoms with Gasteiger partial charge in [-0.2, -0.15) is 0 Å².